The molecule has 0 aliphatic carbocycles. The fourth-order valence-electron chi connectivity index (χ4n) is 1.55. The standard InChI is InChI=1S/C13H6Br3F2NO/c14-6-4-9(17)11(10(18)5-6)13(20)19-12-7(15)2-1-3-8(12)16/h1-5H,(H,19,20). The summed E-state index contributed by atoms with van der Waals surface area (Å²) in [5.41, 5.74) is -0.227. The van der Waals surface area contributed by atoms with Gasteiger partial charge in [-0.05, 0) is 56.1 Å². The van der Waals surface area contributed by atoms with Crippen molar-refractivity contribution in [2.24, 2.45) is 0 Å². The predicted molar refractivity (Wildman–Crippen MR) is 83.9 cm³/mol. The average molecular weight is 470 g/mol. The molecule has 0 unspecified atom stereocenters. The van der Waals surface area contributed by atoms with E-state index in [1.54, 1.807) is 18.2 Å². The van der Waals surface area contributed by atoms with Crippen LogP contribution in [0.5, 0.6) is 0 Å². The molecular formula is C13H6Br3F2NO. The zero-order chi connectivity index (χ0) is 14.9. The molecule has 0 aliphatic heterocycles. The fraction of sp³-hybridized carbons (Fsp3) is 0. The maximum Gasteiger partial charge on any atom is 0.261 e. The summed E-state index contributed by atoms with van der Waals surface area (Å²) in [5, 5.41) is 2.47. The first-order valence-corrected chi connectivity index (χ1v) is 7.68. The molecule has 0 saturated heterocycles. The summed E-state index contributed by atoms with van der Waals surface area (Å²) in [5.74, 6) is -2.73. The third-order valence-electron chi connectivity index (χ3n) is 2.44. The van der Waals surface area contributed by atoms with Crippen molar-refractivity contribution in [3.8, 4) is 0 Å². The largest absolute Gasteiger partial charge is 0.320 e. The number of amides is 1. The van der Waals surface area contributed by atoms with E-state index < -0.39 is 23.1 Å². The van der Waals surface area contributed by atoms with Gasteiger partial charge in [-0.25, -0.2) is 8.78 Å². The van der Waals surface area contributed by atoms with Crippen LogP contribution >= 0.6 is 47.8 Å². The molecule has 0 radical (unpaired) electrons. The van der Waals surface area contributed by atoms with Crippen molar-refractivity contribution in [2.75, 3.05) is 5.32 Å². The van der Waals surface area contributed by atoms with Crippen molar-refractivity contribution in [3.05, 3.63) is 60.9 Å². The minimum atomic E-state index is -0.933. The van der Waals surface area contributed by atoms with Gasteiger partial charge in [0.05, 0.1) is 5.69 Å². The van der Waals surface area contributed by atoms with Gasteiger partial charge in [0.1, 0.15) is 17.2 Å². The summed E-state index contributed by atoms with van der Waals surface area (Å²) >= 11 is 9.47. The van der Waals surface area contributed by atoms with Crippen LogP contribution in [0.25, 0.3) is 0 Å². The highest BCUT2D eigenvalue weighted by atomic mass is 79.9. The van der Waals surface area contributed by atoms with Gasteiger partial charge >= 0.3 is 0 Å². The van der Waals surface area contributed by atoms with E-state index in [0.29, 0.717) is 14.6 Å². The molecule has 1 N–H and O–H groups in total. The van der Waals surface area contributed by atoms with Crippen LogP contribution in [0.3, 0.4) is 0 Å². The molecule has 0 spiro atoms. The molecule has 2 aromatic rings. The third-order valence-corrected chi connectivity index (χ3v) is 4.21. The lowest BCUT2D eigenvalue weighted by molar-refractivity contribution is 0.101. The SMILES string of the molecule is O=C(Nc1c(Br)cccc1Br)c1c(F)cc(Br)cc1F. The summed E-state index contributed by atoms with van der Waals surface area (Å²) in [4.78, 5) is 12.0. The molecule has 20 heavy (non-hydrogen) atoms. The lowest BCUT2D eigenvalue weighted by Gasteiger charge is -2.10. The zero-order valence-corrected chi connectivity index (χ0v) is 14.4. The summed E-state index contributed by atoms with van der Waals surface area (Å²) < 4.78 is 28.8. The highest BCUT2D eigenvalue weighted by Gasteiger charge is 2.20. The van der Waals surface area contributed by atoms with Crippen molar-refractivity contribution in [1.29, 1.82) is 0 Å². The Morgan fingerprint density at radius 2 is 1.50 bits per heavy atom. The average Bonchev–Trinajstić information content (AvgIpc) is 2.32. The predicted octanol–water partition coefficient (Wildman–Crippen LogP) is 5.50. The first-order chi connectivity index (χ1) is 9.40. The van der Waals surface area contributed by atoms with Crippen molar-refractivity contribution in [3.63, 3.8) is 0 Å². The van der Waals surface area contributed by atoms with Gasteiger partial charge in [0.15, 0.2) is 0 Å². The number of benzene rings is 2. The van der Waals surface area contributed by atoms with Crippen LogP contribution in [-0.4, -0.2) is 5.91 Å². The minimum absolute atomic E-state index is 0.228. The molecule has 0 fully saturated rings. The van der Waals surface area contributed by atoms with Gasteiger partial charge in [0.25, 0.3) is 5.91 Å². The van der Waals surface area contributed by atoms with Crippen LogP contribution in [0.4, 0.5) is 14.5 Å². The Bertz CT molecular complexity index is 648. The van der Waals surface area contributed by atoms with E-state index >= 15 is 0 Å². The lowest BCUT2D eigenvalue weighted by Crippen LogP contribution is -2.16. The number of rotatable bonds is 2. The molecule has 2 nitrogen and oxygen atoms in total. The molecule has 2 aromatic carbocycles. The van der Waals surface area contributed by atoms with E-state index in [-0.39, 0.29) is 4.47 Å². The maximum absolute atomic E-state index is 13.7. The Hall–Kier alpha value is -0.790. The number of halogens is 5. The van der Waals surface area contributed by atoms with Gasteiger partial charge < -0.3 is 5.32 Å². The van der Waals surface area contributed by atoms with Crippen molar-refractivity contribution in [1.82, 2.24) is 0 Å². The first kappa shape index (κ1) is 15.6. The third kappa shape index (κ3) is 3.27. The fourth-order valence-corrected chi connectivity index (χ4v) is 3.15. The highest BCUT2D eigenvalue weighted by molar-refractivity contribution is 9.11. The first-order valence-electron chi connectivity index (χ1n) is 5.30. The van der Waals surface area contributed by atoms with Crippen molar-refractivity contribution >= 4 is 59.4 Å². The molecule has 0 atom stereocenters. The Kier molecular flexibility index (Phi) is 4.93. The second kappa shape index (κ2) is 6.32. The highest BCUT2D eigenvalue weighted by Crippen LogP contribution is 2.31. The normalized spacial score (nSPS) is 10.4. The molecule has 0 aromatic heterocycles. The second-order valence-corrected chi connectivity index (χ2v) is 6.42. The van der Waals surface area contributed by atoms with Crippen LogP contribution in [0.1, 0.15) is 10.4 Å². The molecule has 0 heterocycles. The molecule has 0 bridgehead atoms. The topological polar surface area (TPSA) is 29.1 Å². The lowest BCUT2D eigenvalue weighted by atomic mass is 10.2. The van der Waals surface area contributed by atoms with Crippen LogP contribution in [-0.2, 0) is 0 Å². The molecule has 104 valence electrons. The van der Waals surface area contributed by atoms with E-state index in [2.05, 4.69) is 53.1 Å². The maximum atomic E-state index is 13.7. The van der Waals surface area contributed by atoms with Crippen LogP contribution in [0.2, 0.25) is 0 Å². The molecule has 7 heteroatoms. The van der Waals surface area contributed by atoms with Crippen LogP contribution < -0.4 is 5.32 Å². The van der Waals surface area contributed by atoms with E-state index in [4.69, 9.17) is 0 Å². The number of carbonyl (C=O) groups excluding carboxylic acids is 1. The summed E-state index contributed by atoms with van der Waals surface area (Å²) in [6, 6.07) is 7.23. The minimum Gasteiger partial charge on any atom is -0.320 e. The molecular weight excluding hydrogens is 464 g/mol. The van der Waals surface area contributed by atoms with Gasteiger partial charge in [0.2, 0.25) is 0 Å². The monoisotopic (exact) mass is 467 g/mol. The Labute approximate surface area is 138 Å². The van der Waals surface area contributed by atoms with Gasteiger partial charge in [-0.2, -0.15) is 0 Å². The van der Waals surface area contributed by atoms with Crippen LogP contribution in [0, 0.1) is 11.6 Å². The van der Waals surface area contributed by atoms with Gasteiger partial charge in [-0.15, -0.1) is 0 Å². The summed E-state index contributed by atoms with van der Waals surface area (Å²) in [6.45, 7) is 0. The molecule has 0 aliphatic rings. The second-order valence-electron chi connectivity index (χ2n) is 3.80. The summed E-state index contributed by atoms with van der Waals surface area (Å²) in [7, 11) is 0. The smallest absolute Gasteiger partial charge is 0.261 e. The Morgan fingerprint density at radius 3 is 2.00 bits per heavy atom. The molecule has 1 amide bonds. The van der Waals surface area contributed by atoms with E-state index in [1.807, 2.05) is 0 Å². The number of nitrogens with one attached hydrogen (secondary N) is 1. The Balaban J connectivity index is 2.39. The number of hydrogen-bond donors (Lipinski definition) is 1. The molecule has 0 saturated carbocycles. The number of carbonyl (C=O) groups is 1. The molecule has 2 rings (SSSR count). The number of anilines is 1. The van der Waals surface area contributed by atoms with Gasteiger partial charge in [-0.3, -0.25) is 4.79 Å². The number of para-hydroxylation sites is 1. The quantitative estimate of drug-likeness (QED) is 0.618. The number of hydrogen-bond acceptors (Lipinski definition) is 1. The van der Waals surface area contributed by atoms with E-state index in [0.717, 1.165) is 12.1 Å². The van der Waals surface area contributed by atoms with Crippen molar-refractivity contribution < 1.29 is 13.6 Å². The van der Waals surface area contributed by atoms with E-state index in [1.165, 1.54) is 0 Å². The van der Waals surface area contributed by atoms with Gasteiger partial charge in [0, 0.05) is 13.4 Å². The zero-order valence-electron chi connectivity index (χ0n) is 9.68. The van der Waals surface area contributed by atoms with Crippen molar-refractivity contribution in [2.45, 2.75) is 0 Å². The van der Waals surface area contributed by atoms with Gasteiger partial charge in [-0.1, -0.05) is 22.0 Å². The Morgan fingerprint density at radius 1 is 1.00 bits per heavy atom. The van der Waals surface area contributed by atoms with E-state index in [9.17, 15) is 13.6 Å². The van der Waals surface area contributed by atoms with Crippen LogP contribution in [0.15, 0.2) is 43.7 Å². The summed E-state index contributed by atoms with van der Waals surface area (Å²) in [6.07, 6.45) is 0.